The Bertz CT molecular complexity index is 488. The average molecular weight is 349 g/mol. The molecule has 3 nitrogen and oxygen atoms in total. The molecule has 0 spiro atoms. The van der Waals surface area contributed by atoms with Crippen LogP contribution in [0.4, 0.5) is 0 Å². The van der Waals surface area contributed by atoms with Crippen LogP contribution in [-0.2, 0) is 4.74 Å². The normalized spacial score (nSPS) is 32.4. The van der Waals surface area contributed by atoms with Crippen molar-refractivity contribution in [1.29, 1.82) is 0 Å². The van der Waals surface area contributed by atoms with Gasteiger partial charge in [-0.2, -0.15) is 0 Å². The van der Waals surface area contributed by atoms with Crippen molar-refractivity contribution in [2.45, 2.75) is 77.8 Å². The highest BCUT2D eigenvalue weighted by Gasteiger charge is 2.42. The van der Waals surface area contributed by atoms with Crippen molar-refractivity contribution in [3.8, 4) is 0 Å². The lowest BCUT2D eigenvalue weighted by Crippen LogP contribution is -2.50. The maximum atomic E-state index is 10.2. The number of unbranched alkanes of at least 4 members (excludes halogenated alkanes) is 1. The van der Waals surface area contributed by atoms with Crippen molar-refractivity contribution in [3.05, 3.63) is 48.6 Å². The molecule has 5 atom stereocenters. The highest BCUT2D eigenvalue weighted by molar-refractivity contribution is 5.08. The Balaban J connectivity index is 2.36. The van der Waals surface area contributed by atoms with Crippen molar-refractivity contribution < 1.29 is 14.9 Å². The van der Waals surface area contributed by atoms with Gasteiger partial charge >= 0.3 is 0 Å². The summed E-state index contributed by atoms with van der Waals surface area (Å²) in [6.07, 6.45) is 16.4. The summed E-state index contributed by atoms with van der Waals surface area (Å²) in [7, 11) is 0. The number of ether oxygens (including phenoxy) is 1. The zero-order chi connectivity index (χ0) is 18.9. The molecule has 1 saturated heterocycles. The SMILES string of the molecule is C=CCC/C=C(\C)CC(C)/C=C/C=C/CC1CC(O)C(C)C(C)(O)O1. The van der Waals surface area contributed by atoms with Gasteiger partial charge in [-0.1, -0.05) is 55.9 Å². The zero-order valence-corrected chi connectivity index (χ0v) is 16.3. The van der Waals surface area contributed by atoms with E-state index < -0.39 is 11.9 Å². The quantitative estimate of drug-likeness (QED) is 0.353. The molecule has 5 unspecified atom stereocenters. The predicted molar refractivity (Wildman–Crippen MR) is 105 cm³/mol. The molecule has 3 heteroatoms. The summed E-state index contributed by atoms with van der Waals surface area (Å²) < 4.78 is 5.69. The Kier molecular flexibility index (Phi) is 9.41. The first kappa shape index (κ1) is 21.9. The van der Waals surface area contributed by atoms with Crippen molar-refractivity contribution in [2.24, 2.45) is 11.8 Å². The lowest BCUT2D eigenvalue weighted by Gasteiger charge is -2.42. The molecule has 2 N–H and O–H groups in total. The predicted octanol–water partition coefficient (Wildman–Crippen LogP) is 4.92. The fourth-order valence-corrected chi connectivity index (χ4v) is 3.14. The lowest BCUT2D eigenvalue weighted by molar-refractivity contribution is -0.290. The van der Waals surface area contributed by atoms with Gasteiger partial charge in [0, 0.05) is 12.3 Å². The van der Waals surface area contributed by atoms with Crippen molar-refractivity contribution >= 4 is 0 Å². The minimum absolute atomic E-state index is 0.140. The smallest absolute Gasteiger partial charge is 0.168 e. The van der Waals surface area contributed by atoms with Gasteiger partial charge in [0.1, 0.15) is 0 Å². The van der Waals surface area contributed by atoms with Gasteiger partial charge in [-0.15, -0.1) is 6.58 Å². The van der Waals surface area contributed by atoms with E-state index in [0.717, 1.165) is 19.3 Å². The third-order valence-electron chi connectivity index (χ3n) is 4.93. The number of hydrogen-bond donors (Lipinski definition) is 2. The number of allylic oxidation sites excluding steroid dienone is 6. The maximum Gasteiger partial charge on any atom is 0.168 e. The van der Waals surface area contributed by atoms with E-state index in [0.29, 0.717) is 18.8 Å². The van der Waals surface area contributed by atoms with Gasteiger partial charge in [0.25, 0.3) is 0 Å². The van der Waals surface area contributed by atoms with Crippen LogP contribution in [0.2, 0.25) is 0 Å². The number of rotatable bonds is 9. The molecule has 0 amide bonds. The first-order valence-electron chi connectivity index (χ1n) is 9.44. The van der Waals surface area contributed by atoms with E-state index >= 15 is 0 Å². The summed E-state index contributed by atoms with van der Waals surface area (Å²) in [5.74, 6) is -1.02. The van der Waals surface area contributed by atoms with Crippen molar-refractivity contribution in [3.63, 3.8) is 0 Å². The molecule has 0 bridgehead atoms. The molecule has 0 aliphatic carbocycles. The molecular weight excluding hydrogens is 312 g/mol. The summed E-state index contributed by atoms with van der Waals surface area (Å²) in [6, 6.07) is 0. The monoisotopic (exact) mass is 348 g/mol. The van der Waals surface area contributed by atoms with E-state index in [1.165, 1.54) is 5.57 Å². The fraction of sp³-hybridized carbons (Fsp3) is 0.636. The second-order valence-electron chi connectivity index (χ2n) is 7.53. The Labute approximate surface area is 153 Å². The van der Waals surface area contributed by atoms with Crippen molar-refractivity contribution in [1.82, 2.24) is 0 Å². The standard InChI is InChI=1S/C22H36O3/c1-6-7-9-12-17(2)15-18(3)13-10-8-11-14-20-16-21(23)19(4)22(5,24)25-20/h6,8,10-13,18-21,23-24H,1,7,9,14-16H2,2-5H3/b11-8+,13-10+,17-12+. The molecule has 142 valence electrons. The van der Waals surface area contributed by atoms with Crippen LogP contribution in [0.1, 0.15) is 59.8 Å². The highest BCUT2D eigenvalue weighted by atomic mass is 16.6. The second kappa shape index (κ2) is 10.7. The molecule has 1 rings (SSSR count). The molecule has 1 aliphatic heterocycles. The van der Waals surface area contributed by atoms with Gasteiger partial charge in [-0.25, -0.2) is 0 Å². The van der Waals surface area contributed by atoms with Crippen LogP contribution in [-0.4, -0.2) is 28.2 Å². The van der Waals surface area contributed by atoms with E-state index in [2.05, 4.69) is 38.7 Å². The summed E-state index contributed by atoms with van der Waals surface area (Å²) in [5, 5.41) is 20.2. The molecule has 0 aromatic carbocycles. The van der Waals surface area contributed by atoms with E-state index in [4.69, 9.17) is 4.74 Å². The van der Waals surface area contributed by atoms with E-state index in [-0.39, 0.29) is 12.0 Å². The minimum Gasteiger partial charge on any atom is -0.393 e. The van der Waals surface area contributed by atoms with Crippen LogP contribution < -0.4 is 0 Å². The largest absolute Gasteiger partial charge is 0.393 e. The summed E-state index contributed by atoms with van der Waals surface area (Å²) >= 11 is 0. The lowest BCUT2D eigenvalue weighted by atomic mass is 9.87. The second-order valence-corrected chi connectivity index (χ2v) is 7.53. The summed E-state index contributed by atoms with van der Waals surface area (Å²) in [4.78, 5) is 0. The first-order chi connectivity index (χ1) is 11.8. The van der Waals surface area contributed by atoms with Crippen molar-refractivity contribution in [2.75, 3.05) is 0 Å². The Morgan fingerprint density at radius 1 is 1.36 bits per heavy atom. The molecule has 0 aromatic heterocycles. The molecule has 25 heavy (non-hydrogen) atoms. The number of hydrogen-bond acceptors (Lipinski definition) is 3. The van der Waals surface area contributed by atoms with Gasteiger partial charge in [0.05, 0.1) is 12.2 Å². The Morgan fingerprint density at radius 2 is 2.08 bits per heavy atom. The highest BCUT2D eigenvalue weighted by Crippen LogP contribution is 2.33. The third kappa shape index (κ3) is 8.17. The van der Waals surface area contributed by atoms with Gasteiger partial charge in [0.2, 0.25) is 0 Å². The molecule has 1 heterocycles. The molecule has 1 aliphatic rings. The van der Waals surface area contributed by atoms with E-state index in [9.17, 15) is 10.2 Å². The van der Waals surface area contributed by atoms with Gasteiger partial charge < -0.3 is 14.9 Å². The van der Waals surface area contributed by atoms with Crippen LogP contribution in [0, 0.1) is 11.8 Å². The van der Waals surface area contributed by atoms with Crippen LogP contribution >= 0.6 is 0 Å². The van der Waals surface area contributed by atoms with Gasteiger partial charge in [-0.3, -0.25) is 0 Å². The maximum absolute atomic E-state index is 10.2. The third-order valence-corrected chi connectivity index (χ3v) is 4.93. The minimum atomic E-state index is -1.25. The van der Waals surface area contributed by atoms with Crippen LogP contribution in [0.25, 0.3) is 0 Å². The van der Waals surface area contributed by atoms with Crippen LogP contribution in [0.3, 0.4) is 0 Å². The Hall–Kier alpha value is -1.16. The van der Waals surface area contributed by atoms with Gasteiger partial charge in [-0.05, 0) is 45.4 Å². The number of aliphatic hydroxyl groups excluding tert-OH is 1. The molecule has 0 aromatic rings. The fourth-order valence-electron chi connectivity index (χ4n) is 3.14. The molecular formula is C22H36O3. The molecule has 0 radical (unpaired) electrons. The van der Waals surface area contributed by atoms with Gasteiger partial charge in [0.15, 0.2) is 5.79 Å². The van der Waals surface area contributed by atoms with Crippen LogP contribution in [0.15, 0.2) is 48.6 Å². The summed E-state index contributed by atoms with van der Waals surface area (Å²) in [6.45, 7) is 11.6. The topological polar surface area (TPSA) is 49.7 Å². The van der Waals surface area contributed by atoms with E-state index in [1.54, 1.807) is 6.92 Å². The summed E-state index contributed by atoms with van der Waals surface area (Å²) in [5.41, 5.74) is 1.42. The first-order valence-corrected chi connectivity index (χ1v) is 9.44. The average Bonchev–Trinajstić information content (AvgIpc) is 2.52. The van der Waals surface area contributed by atoms with Crippen LogP contribution in [0.5, 0.6) is 0 Å². The molecule has 0 saturated carbocycles. The zero-order valence-electron chi connectivity index (χ0n) is 16.3. The van der Waals surface area contributed by atoms with E-state index in [1.807, 2.05) is 25.2 Å². The Morgan fingerprint density at radius 3 is 2.72 bits per heavy atom. The molecule has 1 fully saturated rings. The number of aliphatic hydroxyl groups is 2.